The van der Waals surface area contributed by atoms with E-state index in [1.165, 1.54) is 0 Å². The lowest BCUT2D eigenvalue weighted by molar-refractivity contribution is 0.0490. The minimum absolute atomic E-state index is 0.00116. The molecule has 1 fully saturated rings. The fraction of sp³-hybridized carbons (Fsp3) is 0.667. The summed E-state index contributed by atoms with van der Waals surface area (Å²) in [7, 11) is 0. The molecule has 2 nitrogen and oxygen atoms in total. The summed E-state index contributed by atoms with van der Waals surface area (Å²) < 4.78 is 6.80. The van der Waals surface area contributed by atoms with Gasteiger partial charge in [-0.25, -0.2) is 0 Å². The summed E-state index contributed by atoms with van der Waals surface area (Å²) in [6, 6.07) is 1.96. The summed E-state index contributed by atoms with van der Waals surface area (Å²) in [6.07, 6.45) is 0.481. The Morgan fingerprint density at radius 1 is 1.41 bits per heavy atom. The molecule has 0 saturated carbocycles. The topological polar surface area (TPSA) is 35.2 Å². The van der Waals surface area contributed by atoms with Crippen LogP contribution < -0.4 is 5.73 Å². The van der Waals surface area contributed by atoms with Crippen LogP contribution in [0.4, 0.5) is 0 Å². The molecule has 2 N–H and O–H groups in total. The van der Waals surface area contributed by atoms with Gasteiger partial charge in [0.1, 0.15) is 0 Å². The molecule has 0 radical (unpaired) electrons. The average molecular weight is 339 g/mol. The molecule has 0 amide bonds. The maximum atomic E-state index is 6.38. The molecule has 1 aliphatic rings. The first kappa shape index (κ1) is 13.8. The van der Waals surface area contributed by atoms with Crippen LogP contribution in [0.3, 0.4) is 0 Å². The van der Waals surface area contributed by atoms with Crippen LogP contribution in [0.25, 0.3) is 0 Å². The van der Waals surface area contributed by atoms with E-state index in [4.69, 9.17) is 22.1 Å². The molecule has 2 heterocycles. The Hall–Kier alpha value is 0.390. The molecule has 96 valence electrons. The Labute approximate surface area is 120 Å². The van der Waals surface area contributed by atoms with Gasteiger partial charge in [-0.05, 0) is 41.8 Å². The first-order chi connectivity index (χ1) is 7.91. The Balaban J connectivity index is 2.22. The van der Waals surface area contributed by atoms with Gasteiger partial charge in [-0.1, -0.05) is 18.5 Å². The molecule has 0 spiro atoms. The van der Waals surface area contributed by atoms with Gasteiger partial charge in [0.25, 0.3) is 0 Å². The minimum Gasteiger partial charge on any atom is -0.375 e. The van der Waals surface area contributed by atoms with Crippen molar-refractivity contribution in [1.82, 2.24) is 0 Å². The van der Waals surface area contributed by atoms with Gasteiger partial charge in [0, 0.05) is 16.8 Å². The van der Waals surface area contributed by atoms with Crippen molar-refractivity contribution in [3.63, 3.8) is 0 Å². The molecular formula is C12H17BrClNOS. The maximum absolute atomic E-state index is 6.38. The largest absolute Gasteiger partial charge is 0.375 e. The van der Waals surface area contributed by atoms with E-state index in [0.717, 1.165) is 13.7 Å². The summed E-state index contributed by atoms with van der Waals surface area (Å²) >= 11 is 11.1. The van der Waals surface area contributed by atoms with Crippen LogP contribution in [-0.4, -0.2) is 12.2 Å². The Kier molecular flexibility index (Phi) is 4.20. The van der Waals surface area contributed by atoms with Crippen molar-refractivity contribution in [3.05, 3.63) is 19.8 Å². The van der Waals surface area contributed by atoms with Crippen LogP contribution in [0.1, 0.15) is 31.7 Å². The number of halogens is 2. The highest BCUT2D eigenvalue weighted by molar-refractivity contribution is 9.11. The molecular weight excluding hydrogens is 322 g/mol. The van der Waals surface area contributed by atoms with Gasteiger partial charge in [-0.2, -0.15) is 0 Å². The number of nitrogens with two attached hydrogens (primary N) is 1. The highest BCUT2D eigenvalue weighted by atomic mass is 79.9. The molecule has 1 saturated heterocycles. The number of hydrogen-bond acceptors (Lipinski definition) is 3. The van der Waals surface area contributed by atoms with E-state index >= 15 is 0 Å². The lowest BCUT2D eigenvalue weighted by Crippen LogP contribution is -2.30. The zero-order valence-corrected chi connectivity index (χ0v) is 13.3. The van der Waals surface area contributed by atoms with Gasteiger partial charge in [-0.15, -0.1) is 11.3 Å². The quantitative estimate of drug-likeness (QED) is 0.876. The molecule has 1 aromatic heterocycles. The molecule has 5 heteroatoms. The van der Waals surface area contributed by atoms with Crippen LogP contribution in [0.5, 0.6) is 0 Å². The molecule has 0 aliphatic carbocycles. The first-order valence-corrected chi connectivity index (χ1v) is 7.76. The van der Waals surface area contributed by atoms with Crippen LogP contribution in [0.15, 0.2) is 9.85 Å². The number of ether oxygens (including phenoxy) is 1. The van der Waals surface area contributed by atoms with E-state index < -0.39 is 0 Å². The molecule has 17 heavy (non-hydrogen) atoms. The average Bonchev–Trinajstić information content (AvgIpc) is 2.70. The van der Waals surface area contributed by atoms with Crippen LogP contribution in [0, 0.1) is 11.8 Å². The third kappa shape index (κ3) is 2.56. The predicted octanol–water partition coefficient (Wildman–Crippen LogP) is 4.22. The Bertz CT molecular complexity index is 392. The molecule has 1 aliphatic heterocycles. The smallest absolute Gasteiger partial charge is 0.0887 e. The molecule has 0 bridgehead atoms. The van der Waals surface area contributed by atoms with Gasteiger partial charge >= 0.3 is 0 Å². The van der Waals surface area contributed by atoms with Crippen molar-refractivity contribution in [3.8, 4) is 0 Å². The monoisotopic (exact) mass is 337 g/mol. The van der Waals surface area contributed by atoms with E-state index in [1.807, 2.05) is 6.07 Å². The number of rotatable bonds is 2. The van der Waals surface area contributed by atoms with E-state index in [9.17, 15) is 0 Å². The van der Waals surface area contributed by atoms with Gasteiger partial charge in [0.15, 0.2) is 0 Å². The van der Waals surface area contributed by atoms with Gasteiger partial charge in [0.05, 0.1) is 21.0 Å². The lowest BCUT2D eigenvalue weighted by atomic mass is 9.83. The number of thiophene rings is 1. The summed E-state index contributed by atoms with van der Waals surface area (Å²) in [4.78, 5) is 1.13. The van der Waals surface area contributed by atoms with Crippen molar-refractivity contribution in [2.45, 2.75) is 39.0 Å². The van der Waals surface area contributed by atoms with Crippen molar-refractivity contribution >= 4 is 38.9 Å². The Morgan fingerprint density at radius 2 is 2.06 bits per heavy atom. The van der Waals surface area contributed by atoms with Crippen molar-refractivity contribution < 1.29 is 4.74 Å². The second kappa shape index (κ2) is 5.17. The van der Waals surface area contributed by atoms with Crippen molar-refractivity contribution in [1.29, 1.82) is 0 Å². The summed E-state index contributed by atoms with van der Waals surface area (Å²) in [5.74, 6) is 0.825. The predicted molar refractivity (Wildman–Crippen MR) is 76.6 cm³/mol. The lowest BCUT2D eigenvalue weighted by Gasteiger charge is -2.24. The minimum atomic E-state index is -0.00116. The molecule has 5 unspecified atom stereocenters. The van der Waals surface area contributed by atoms with Crippen molar-refractivity contribution in [2.75, 3.05) is 0 Å². The zero-order valence-electron chi connectivity index (χ0n) is 10.1. The highest BCUT2D eigenvalue weighted by Crippen LogP contribution is 2.43. The summed E-state index contributed by atoms with van der Waals surface area (Å²) in [5, 5.41) is 0.743. The fourth-order valence-electron chi connectivity index (χ4n) is 2.63. The van der Waals surface area contributed by atoms with E-state index in [2.05, 4.69) is 36.7 Å². The second-order valence-corrected chi connectivity index (χ2v) is 7.59. The van der Waals surface area contributed by atoms with Gasteiger partial charge in [-0.3, -0.25) is 0 Å². The molecule has 1 aromatic rings. The molecule has 2 rings (SSSR count). The van der Waals surface area contributed by atoms with E-state index in [1.54, 1.807) is 11.3 Å². The van der Waals surface area contributed by atoms with Crippen LogP contribution >= 0.6 is 38.9 Å². The Morgan fingerprint density at radius 3 is 2.47 bits per heavy atom. The van der Waals surface area contributed by atoms with Crippen molar-refractivity contribution in [2.24, 2.45) is 17.6 Å². The zero-order chi connectivity index (χ0) is 12.7. The highest BCUT2D eigenvalue weighted by Gasteiger charge is 2.41. The third-order valence-corrected chi connectivity index (χ3v) is 6.30. The summed E-state index contributed by atoms with van der Waals surface area (Å²) in [5.41, 5.74) is 6.38. The molecule has 0 aromatic carbocycles. The maximum Gasteiger partial charge on any atom is 0.0887 e. The van der Waals surface area contributed by atoms with Crippen LogP contribution in [0.2, 0.25) is 5.02 Å². The van der Waals surface area contributed by atoms with Crippen LogP contribution in [-0.2, 0) is 4.74 Å². The fourth-order valence-corrected chi connectivity index (χ4v) is 4.44. The summed E-state index contributed by atoms with van der Waals surface area (Å²) in [6.45, 7) is 6.43. The van der Waals surface area contributed by atoms with Gasteiger partial charge in [0.2, 0.25) is 0 Å². The van der Waals surface area contributed by atoms with Gasteiger partial charge < -0.3 is 10.5 Å². The van der Waals surface area contributed by atoms with E-state index in [0.29, 0.717) is 11.8 Å². The second-order valence-electron chi connectivity index (χ2n) is 4.78. The first-order valence-electron chi connectivity index (χ1n) is 5.77. The number of hydrogen-bond donors (Lipinski definition) is 1. The van der Waals surface area contributed by atoms with E-state index in [-0.39, 0.29) is 18.2 Å². The molecule has 5 atom stereocenters. The SMILES string of the molecule is CC1OC(C)C(C(N)c2cc(Cl)c(Br)s2)C1C. The third-order valence-electron chi connectivity index (χ3n) is 3.73. The standard InChI is InChI=1S/C12H17BrClNOS/c1-5-6(2)16-7(3)10(5)11(15)9-4-8(14)12(13)17-9/h4-7,10-11H,15H2,1-3H3. The normalized spacial score (nSPS) is 35.2.